The van der Waals surface area contributed by atoms with E-state index in [2.05, 4.69) is 22.0 Å². The minimum absolute atomic E-state index is 0.0590. The largest absolute Gasteiger partial charge is 0.382 e. The molecule has 1 aliphatic heterocycles. The smallest absolute Gasteiger partial charge is 0.239 e. The number of benzene rings is 1. The molecule has 36 heavy (non-hydrogen) atoms. The average molecular weight is 509 g/mol. The number of hydrogen-bond acceptors (Lipinski definition) is 7. The Morgan fingerprint density at radius 3 is 2.53 bits per heavy atom. The fraction of sp³-hybridized carbons (Fsp3) is 0.577. The molecule has 4 atom stereocenters. The predicted octanol–water partition coefficient (Wildman–Crippen LogP) is 2.93. The van der Waals surface area contributed by atoms with Gasteiger partial charge in [-0.15, -0.1) is 11.8 Å². The van der Waals surface area contributed by atoms with Crippen LogP contribution in [0.5, 0.6) is 0 Å². The molecule has 1 spiro atoms. The van der Waals surface area contributed by atoms with Crippen LogP contribution in [0.25, 0.3) is 0 Å². The second-order valence-corrected chi connectivity index (χ2v) is 12.3. The molecule has 1 saturated heterocycles. The standard InChI is InChI=1S/C26H32N6O3S/c1-5-32-22(20-18(14-28)19(20)21(33)29-10-9-27)36-26(24(32)35)12-17(13-26)30-15-7-6-8-16(11-15)31-23(34)25(2,3)4/h6-8,11,17-20,22,30H,5,10,12-13H2,1-4H3,(H,29,33)(H,31,34)/t17?,18?,19-,20?,22?,26?/m0/s1. The summed E-state index contributed by atoms with van der Waals surface area (Å²) in [5.41, 5.74) is 1.10. The molecule has 3 unspecified atom stereocenters. The third-order valence-corrected chi connectivity index (χ3v) is 8.94. The number of carbonyl (C=O) groups excluding carboxylic acids is 3. The van der Waals surface area contributed by atoms with Crippen LogP contribution in [0.4, 0.5) is 11.4 Å². The zero-order chi connectivity index (χ0) is 26.3. The van der Waals surface area contributed by atoms with Crippen molar-refractivity contribution < 1.29 is 14.4 Å². The number of amides is 3. The summed E-state index contributed by atoms with van der Waals surface area (Å²) in [6, 6.07) is 11.8. The summed E-state index contributed by atoms with van der Waals surface area (Å²) in [7, 11) is 0. The number of hydrogen-bond donors (Lipinski definition) is 3. The Kier molecular flexibility index (Phi) is 6.94. The molecule has 190 valence electrons. The Balaban J connectivity index is 1.39. The van der Waals surface area contributed by atoms with Gasteiger partial charge in [-0.3, -0.25) is 14.4 Å². The molecule has 3 aliphatic rings. The second-order valence-electron chi connectivity index (χ2n) is 10.8. The van der Waals surface area contributed by atoms with Crippen molar-refractivity contribution in [1.29, 1.82) is 10.5 Å². The summed E-state index contributed by atoms with van der Waals surface area (Å²) >= 11 is 1.59. The van der Waals surface area contributed by atoms with Crippen LogP contribution in [0.15, 0.2) is 24.3 Å². The Bertz CT molecular complexity index is 1140. The van der Waals surface area contributed by atoms with Crippen LogP contribution in [0.2, 0.25) is 0 Å². The molecule has 1 aromatic carbocycles. The summed E-state index contributed by atoms with van der Waals surface area (Å²) in [4.78, 5) is 40.0. The van der Waals surface area contributed by atoms with Crippen molar-refractivity contribution in [3.05, 3.63) is 24.3 Å². The number of nitrogens with one attached hydrogen (secondary N) is 3. The Labute approximate surface area is 216 Å². The first-order chi connectivity index (χ1) is 17.0. The fourth-order valence-electron chi connectivity index (χ4n) is 5.12. The molecule has 3 fully saturated rings. The van der Waals surface area contributed by atoms with Gasteiger partial charge in [0.1, 0.15) is 11.3 Å². The van der Waals surface area contributed by atoms with Gasteiger partial charge in [0.2, 0.25) is 17.7 Å². The minimum atomic E-state index is -0.549. The molecule has 4 rings (SSSR count). The maximum Gasteiger partial charge on any atom is 0.239 e. The zero-order valence-electron chi connectivity index (χ0n) is 21.0. The van der Waals surface area contributed by atoms with Gasteiger partial charge in [0, 0.05) is 35.3 Å². The third kappa shape index (κ3) is 4.75. The van der Waals surface area contributed by atoms with E-state index in [1.807, 2.05) is 62.9 Å². The van der Waals surface area contributed by atoms with Crippen molar-refractivity contribution in [2.45, 2.75) is 56.7 Å². The SMILES string of the molecule is CCN1C(=O)C2(CC(Nc3cccc(NC(=O)C(C)(C)C)c3)C2)SC1C1C(C#N)[C@@H]1C(=O)NCC#N. The van der Waals surface area contributed by atoms with Gasteiger partial charge in [0.25, 0.3) is 0 Å². The molecule has 0 bridgehead atoms. The van der Waals surface area contributed by atoms with Crippen LogP contribution >= 0.6 is 11.8 Å². The van der Waals surface area contributed by atoms with Crippen LogP contribution in [-0.2, 0) is 14.4 Å². The van der Waals surface area contributed by atoms with Crippen molar-refractivity contribution in [2.24, 2.45) is 23.2 Å². The normalized spacial score (nSPS) is 30.7. The molecule has 3 N–H and O–H groups in total. The highest BCUT2D eigenvalue weighted by Gasteiger charge is 2.67. The van der Waals surface area contributed by atoms with Crippen molar-refractivity contribution in [3.8, 4) is 12.1 Å². The van der Waals surface area contributed by atoms with E-state index in [4.69, 9.17) is 5.26 Å². The topological polar surface area (TPSA) is 138 Å². The van der Waals surface area contributed by atoms with Crippen molar-refractivity contribution in [3.63, 3.8) is 0 Å². The van der Waals surface area contributed by atoms with E-state index in [1.165, 1.54) is 0 Å². The van der Waals surface area contributed by atoms with Crippen LogP contribution in [0.1, 0.15) is 40.5 Å². The maximum absolute atomic E-state index is 13.4. The Morgan fingerprint density at radius 1 is 1.22 bits per heavy atom. The summed E-state index contributed by atoms with van der Waals surface area (Å²) in [6.07, 6.45) is 1.30. The minimum Gasteiger partial charge on any atom is -0.382 e. The van der Waals surface area contributed by atoms with Gasteiger partial charge in [-0.2, -0.15) is 10.5 Å². The molecule has 2 aliphatic carbocycles. The first kappa shape index (κ1) is 25.8. The van der Waals surface area contributed by atoms with Crippen LogP contribution in [-0.4, -0.2) is 51.9 Å². The summed E-state index contributed by atoms with van der Waals surface area (Å²) < 4.78 is -0.549. The molecule has 1 aromatic rings. The summed E-state index contributed by atoms with van der Waals surface area (Å²) in [5.74, 6) is -1.43. The molecule has 2 saturated carbocycles. The quantitative estimate of drug-likeness (QED) is 0.481. The van der Waals surface area contributed by atoms with Gasteiger partial charge in [-0.25, -0.2) is 0 Å². The molecule has 0 radical (unpaired) electrons. The van der Waals surface area contributed by atoms with E-state index < -0.39 is 22.0 Å². The molecular formula is C26H32N6O3S. The lowest BCUT2D eigenvalue weighted by Gasteiger charge is -2.43. The number of carbonyl (C=O) groups is 3. The summed E-state index contributed by atoms with van der Waals surface area (Å²) in [5, 5.41) is 27.1. The molecule has 10 heteroatoms. The lowest BCUT2D eigenvalue weighted by atomic mass is 9.78. The molecular weight excluding hydrogens is 476 g/mol. The van der Waals surface area contributed by atoms with Gasteiger partial charge in [-0.05, 0) is 38.0 Å². The number of nitriles is 2. The van der Waals surface area contributed by atoms with Crippen molar-refractivity contribution in [1.82, 2.24) is 10.2 Å². The molecule has 0 aromatic heterocycles. The van der Waals surface area contributed by atoms with E-state index in [0.29, 0.717) is 19.4 Å². The van der Waals surface area contributed by atoms with E-state index in [1.54, 1.807) is 11.8 Å². The summed E-state index contributed by atoms with van der Waals surface area (Å²) in [6.45, 7) is 7.94. The van der Waals surface area contributed by atoms with Crippen LogP contribution in [0, 0.1) is 45.8 Å². The number of rotatable bonds is 7. The zero-order valence-corrected chi connectivity index (χ0v) is 21.8. The van der Waals surface area contributed by atoms with Crippen molar-refractivity contribution in [2.75, 3.05) is 23.7 Å². The van der Waals surface area contributed by atoms with E-state index in [9.17, 15) is 19.6 Å². The first-order valence-electron chi connectivity index (χ1n) is 12.3. The Morgan fingerprint density at radius 2 is 1.92 bits per heavy atom. The average Bonchev–Trinajstić information content (AvgIpc) is 3.46. The fourth-order valence-corrected chi connectivity index (χ4v) is 7.26. The predicted molar refractivity (Wildman–Crippen MR) is 137 cm³/mol. The van der Waals surface area contributed by atoms with Crippen LogP contribution < -0.4 is 16.0 Å². The van der Waals surface area contributed by atoms with Crippen LogP contribution in [0.3, 0.4) is 0 Å². The molecule has 3 amide bonds. The first-order valence-corrected chi connectivity index (χ1v) is 13.1. The maximum atomic E-state index is 13.4. The van der Waals surface area contributed by atoms with E-state index in [-0.39, 0.29) is 41.6 Å². The van der Waals surface area contributed by atoms with Gasteiger partial charge >= 0.3 is 0 Å². The second kappa shape index (κ2) is 9.67. The highest BCUT2D eigenvalue weighted by molar-refractivity contribution is 8.02. The van der Waals surface area contributed by atoms with Crippen molar-refractivity contribution >= 4 is 40.9 Å². The monoisotopic (exact) mass is 508 g/mol. The highest BCUT2D eigenvalue weighted by atomic mass is 32.2. The van der Waals surface area contributed by atoms with Gasteiger partial charge in [0.15, 0.2) is 0 Å². The number of nitrogens with zero attached hydrogens (tertiary/aromatic N) is 3. The van der Waals surface area contributed by atoms with E-state index in [0.717, 1.165) is 11.4 Å². The number of thioether (sulfide) groups is 1. The van der Waals surface area contributed by atoms with Gasteiger partial charge in [0.05, 0.1) is 29.3 Å². The number of anilines is 2. The molecule has 9 nitrogen and oxygen atoms in total. The Hall–Kier alpha value is -3.24. The lowest BCUT2D eigenvalue weighted by Crippen LogP contribution is -2.54. The third-order valence-electron chi connectivity index (χ3n) is 7.17. The van der Waals surface area contributed by atoms with Gasteiger partial charge in [-0.1, -0.05) is 26.8 Å². The van der Waals surface area contributed by atoms with Gasteiger partial charge < -0.3 is 20.9 Å². The highest BCUT2D eigenvalue weighted by Crippen LogP contribution is 2.62. The lowest BCUT2D eigenvalue weighted by molar-refractivity contribution is -0.135. The molecule has 1 heterocycles. The van der Waals surface area contributed by atoms with E-state index >= 15 is 0 Å².